The fourth-order valence-electron chi connectivity index (χ4n) is 3.78. The molecule has 0 unspecified atom stereocenters. The van der Waals surface area contributed by atoms with Gasteiger partial charge in [-0.3, -0.25) is 14.6 Å². The first-order chi connectivity index (χ1) is 11.7. The maximum Gasteiger partial charge on any atom is 0.234 e. The van der Waals surface area contributed by atoms with E-state index >= 15 is 0 Å². The van der Waals surface area contributed by atoms with Crippen molar-refractivity contribution in [2.75, 3.05) is 39.3 Å². The molecule has 0 radical (unpaired) electrons. The van der Waals surface area contributed by atoms with Gasteiger partial charge in [-0.2, -0.15) is 0 Å². The number of rotatable bonds is 6. The number of hydrogen-bond donors (Lipinski definition) is 1. The third kappa shape index (κ3) is 5.05. The van der Waals surface area contributed by atoms with E-state index in [1.54, 1.807) is 0 Å². The van der Waals surface area contributed by atoms with Crippen LogP contribution in [0.4, 0.5) is 0 Å². The molecule has 1 saturated carbocycles. The van der Waals surface area contributed by atoms with Gasteiger partial charge in [0.1, 0.15) is 5.82 Å². The number of nitrogens with zero attached hydrogens (tertiary/aromatic N) is 4. The molecule has 2 heterocycles. The van der Waals surface area contributed by atoms with E-state index in [0.29, 0.717) is 12.6 Å². The third-order valence-corrected chi connectivity index (χ3v) is 5.38. The first-order valence-corrected chi connectivity index (χ1v) is 9.42. The van der Waals surface area contributed by atoms with Gasteiger partial charge in [-0.1, -0.05) is 19.3 Å². The number of amides is 1. The molecule has 6 heteroatoms. The fourth-order valence-corrected chi connectivity index (χ4v) is 3.78. The van der Waals surface area contributed by atoms with E-state index in [1.807, 2.05) is 19.3 Å². The number of nitrogens with one attached hydrogen (secondary N) is 1. The summed E-state index contributed by atoms with van der Waals surface area (Å²) in [4.78, 5) is 21.2. The summed E-state index contributed by atoms with van der Waals surface area (Å²) in [7, 11) is 0. The molecule has 1 amide bonds. The molecule has 1 aromatic rings. The van der Waals surface area contributed by atoms with Crippen LogP contribution in [0.15, 0.2) is 12.4 Å². The van der Waals surface area contributed by atoms with Crippen molar-refractivity contribution in [1.29, 1.82) is 0 Å². The van der Waals surface area contributed by atoms with Crippen LogP contribution in [-0.4, -0.2) is 70.6 Å². The van der Waals surface area contributed by atoms with Gasteiger partial charge in [-0.05, 0) is 19.8 Å². The second-order valence-electron chi connectivity index (χ2n) is 7.19. The molecule has 24 heavy (non-hydrogen) atoms. The molecule has 1 aliphatic heterocycles. The van der Waals surface area contributed by atoms with Gasteiger partial charge in [0.2, 0.25) is 5.91 Å². The Kier molecular flexibility index (Phi) is 6.26. The monoisotopic (exact) mass is 333 g/mol. The normalized spacial score (nSPS) is 21.0. The minimum absolute atomic E-state index is 0.212. The van der Waals surface area contributed by atoms with Gasteiger partial charge in [-0.25, -0.2) is 4.98 Å². The van der Waals surface area contributed by atoms with Crippen molar-refractivity contribution in [1.82, 2.24) is 24.7 Å². The highest BCUT2D eigenvalue weighted by atomic mass is 16.2. The summed E-state index contributed by atoms with van der Waals surface area (Å²) < 4.78 is 2.20. The highest BCUT2D eigenvalue weighted by Gasteiger charge is 2.21. The molecule has 1 aromatic heterocycles. The molecule has 0 spiro atoms. The molecule has 3 rings (SSSR count). The van der Waals surface area contributed by atoms with Gasteiger partial charge < -0.3 is 9.88 Å². The Morgan fingerprint density at radius 2 is 1.83 bits per heavy atom. The van der Waals surface area contributed by atoms with Crippen LogP contribution in [0.3, 0.4) is 0 Å². The predicted molar refractivity (Wildman–Crippen MR) is 94.9 cm³/mol. The zero-order valence-electron chi connectivity index (χ0n) is 14.9. The number of aryl methyl sites for hydroxylation is 1. The van der Waals surface area contributed by atoms with Crippen LogP contribution in [0.5, 0.6) is 0 Å². The Morgan fingerprint density at radius 1 is 1.12 bits per heavy atom. The Balaban J connectivity index is 1.32. The number of carbonyl (C=O) groups is 1. The fraction of sp³-hybridized carbons (Fsp3) is 0.778. The lowest BCUT2D eigenvalue weighted by Gasteiger charge is -2.34. The quantitative estimate of drug-likeness (QED) is 0.851. The van der Waals surface area contributed by atoms with Gasteiger partial charge in [0.25, 0.3) is 0 Å². The smallest absolute Gasteiger partial charge is 0.234 e. The minimum atomic E-state index is 0.212. The lowest BCUT2D eigenvalue weighted by molar-refractivity contribution is -0.123. The van der Waals surface area contributed by atoms with Crippen LogP contribution in [0.1, 0.15) is 37.9 Å². The number of piperazine rings is 1. The Hall–Kier alpha value is -1.40. The van der Waals surface area contributed by atoms with E-state index in [0.717, 1.165) is 57.9 Å². The molecule has 6 nitrogen and oxygen atoms in total. The highest BCUT2D eigenvalue weighted by molar-refractivity contribution is 5.78. The molecule has 2 fully saturated rings. The van der Waals surface area contributed by atoms with Crippen LogP contribution in [0.25, 0.3) is 0 Å². The van der Waals surface area contributed by atoms with Gasteiger partial charge in [-0.15, -0.1) is 0 Å². The van der Waals surface area contributed by atoms with Crippen LogP contribution in [-0.2, 0) is 11.3 Å². The van der Waals surface area contributed by atoms with Crippen molar-refractivity contribution in [3.05, 3.63) is 18.2 Å². The average molecular weight is 333 g/mol. The molecular weight excluding hydrogens is 302 g/mol. The van der Waals surface area contributed by atoms with Crippen molar-refractivity contribution in [3.8, 4) is 0 Å². The first-order valence-electron chi connectivity index (χ1n) is 9.42. The SMILES string of the molecule is Cc1nccn1CCN1CCN(CC(=O)NC2CCCCC2)CC1. The molecule has 134 valence electrons. The zero-order valence-corrected chi connectivity index (χ0v) is 14.9. The van der Waals surface area contributed by atoms with Crippen molar-refractivity contribution in [2.24, 2.45) is 0 Å². The summed E-state index contributed by atoms with van der Waals surface area (Å²) >= 11 is 0. The van der Waals surface area contributed by atoms with E-state index in [2.05, 4.69) is 24.7 Å². The Morgan fingerprint density at radius 3 is 2.50 bits per heavy atom. The van der Waals surface area contributed by atoms with Crippen LogP contribution in [0.2, 0.25) is 0 Å². The molecule has 1 saturated heterocycles. The van der Waals surface area contributed by atoms with Crippen LogP contribution < -0.4 is 5.32 Å². The summed E-state index contributed by atoms with van der Waals surface area (Å²) in [6.07, 6.45) is 10.1. The van der Waals surface area contributed by atoms with Crippen molar-refractivity contribution < 1.29 is 4.79 Å². The zero-order chi connectivity index (χ0) is 16.8. The van der Waals surface area contributed by atoms with Gasteiger partial charge in [0.15, 0.2) is 0 Å². The summed E-state index contributed by atoms with van der Waals surface area (Å²) in [6, 6.07) is 0.422. The van der Waals surface area contributed by atoms with Crippen molar-refractivity contribution >= 4 is 5.91 Å². The second kappa shape index (κ2) is 8.62. The summed E-state index contributed by atoms with van der Waals surface area (Å²) in [5.74, 6) is 1.29. The second-order valence-corrected chi connectivity index (χ2v) is 7.19. The molecule has 1 N–H and O–H groups in total. The van der Waals surface area contributed by atoms with E-state index in [4.69, 9.17) is 0 Å². The number of imidazole rings is 1. The maximum absolute atomic E-state index is 12.2. The summed E-state index contributed by atoms with van der Waals surface area (Å²) in [5, 5.41) is 3.22. The lowest BCUT2D eigenvalue weighted by atomic mass is 9.95. The maximum atomic E-state index is 12.2. The average Bonchev–Trinajstić information content (AvgIpc) is 3.00. The largest absolute Gasteiger partial charge is 0.352 e. The summed E-state index contributed by atoms with van der Waals surface area (Å²) in [5.41, 5.74) is 0. The van der Waals surface area contributed by atoms with Crippen molar-refractivity contribution in [3.63, 3.8) is 0 Å². The molecular formula is C18H31N5O. The molecule has 2 aliphatic rings. The van der Waals surface area contributed by atoms with E-state index in [-0.39, 0.29) is 5.91 Å². The van der Waals surface area contributed by atoms with Crippen molar-refractivity contribution in [2.45, 2.75) is 51.6 Å². The molecule has 1 aliphatic carbocycles. The van der Waals surface area contributed by atoms with Crippen LogP contribution in [0, 0.1) is 6.92 Å². The standard InChI is InChI=1S/C18H31N5O/c1-16-19-7-8-23(16)14-13-21-9-11-22(12-10-21)15-18(24)20-17-5-3-2-4-6-17/h7-8,17H,2-6,9-15H2,1H3,(H,20,24). The van der Waals surface area contributed by atoms with E-state index in [1.165, 1.54) is 19.3 Å². The van der Waals surface area contributed by atoms with Gasteiger partial charge >= 0.3 is 0 Å². The van der Waals surface area contributed by atoms with Gasteiger partial charge in [0.05, 0.1) is 6.54 Å². The lowest BCUT2D eigenvalue weighted by Crippen LogP contribution is -2.51. The van der Waals surface area contributed by atoms with Gasteiger partial charge in [0, 0.05) is 57.7 Å². The molecule has 0 bridgehead atoms. The first kappa shape index (κ1) is 17.4. The number of hydrogen-bond acceptors (Lipinski definition) is 4. The molecule has 0 atom stereocenters. The Labute approximate surface area is 145 Å². The number of carbonyl (C=O) groups excluding carboxylic acids is 1. The van der Waals surface area contributed by atoms with E-state index < -0.39 is 0 Å². The Bertz CT molecular complexity index is 515. The highest BCUT2D eigenvalue weighted by Crippen LogP contribution is 2.17. The van der Waals surface area contributed by atoms with Crippen LogP contribution >= 0.6 is 0 Å². The predicted octanol–water partition coefficient (Wildman–Crippen LogP) is 1.26. The topological polar surface area (TPSA) is 53.4 Å². The molecule has 0 aromatic carbocycles. The summed E-state index contributed by atoms with van der Waals surface area (Å²) in [6.45, 7) is 8.72. The van der Waals surface area contributed by atoms with E-state index in [9.17, 15) is 4.79 Å². The minimum Gasteiger partial charge on any atom is -0.352 e. The third-order valence-electron chi connectivity index (χ3n) is 5.38. The number of aromatic nitrogens is 2.